The Hall–Kier alpha value is -0.860. The van der Waals surface area contributed by atoms with E-state index in [1.165, 1.54) is 0 Å². The Kier molecular flexibility index (Phi) is 4.63. The fourth-order valence-electron chi connectivity index (χ4n) is 1.12. The van der Waals surface area contributed by atoms with E-state index < -0.39 is 0 Å². The zero-order chi connectivity index (χ0) is 10.4. The first kappa shape index (κ1) is 11.2. The first-order valence-electron chi connectivity index (χ1n) is 4.38. The average molecular weight is 253 g/mol. The van der Waals surface area contributed by atoms with Crippen LogP contribution in [0.1, 0.15) is 11.7 Å². The molecule has 0 aliphatic carbocycles. The lowest BCUT2D eigenvalue weighted by atomic mass is 10.1. The van der Waals surface area contributed by atoms with Crippen LogP contribution in [0.4, 0.5) is 0 Å². The summed E-state index contributed by atoms with van der Waals surface area (Å²) in [5, 5.41) is 0. The van der Waals surface area contributed by atoms with Gasteiger partial charge in [0.25, 0.3) is 0 Å². The summed E-state index contributed by atoms with van der Waals surface area (Å²) in [6.07, 6.45) is 3.46. The number of rotatable bonds is 5. The predicted molar refractivity (Wildman–Crippen MR) is 63.2 cm³/mol. The maximum Gasteiger partial charge on any atom is 0.101 e. The highest BCUT2D eigenvalue weighted by molar-refractivity contribution is 9.10. The third-order valence-electron chi connectivity index (χ3n) is 1.81. The number of hydrogen-bond acceptors (Lipinski definition) is 1. The maximum atomic E-state index is 5.51. The average Bonchev–Trinajstić information content (AvgIpc) is 2.21. The molecule has 0 saturated carbocycles. The van der Waals surface area contributed by atoms with Crippen molar-refractivity contribution in [3.63, 3.8) is 0 Å². The highest BCUT2D eigenvalue weighted by Crippen LogP contribution is 2.20. The van der Waals surface area contributed by atoms with E-state index in [1.807, 2.05) is 24.3 Å². The van der Waals surface area contributed by atoms with Gasteiger partial charge < -0.3 is 4.74 Å². The molecule has 0 N–H and O–H groups in total. The minimum absolute atomic E-state index is 0.0545. The Labute approximate surface area is 93.2 Å². The molecule has 1 aromatic carbocycles. The van der Waals surface area contributed by atoms with Gasteiger partial charge in [-0.25, -0.2) is 0 Å². The summed E-state index contributed by atoms with van der Waals surface area (Å²) >= 11 is 3.39. The molecular weight excluding hydrogens is 240 g/mol. The number of ether oxygens (including phenoxy) is 1. The molecule has 1 unspecified atom stereocenters. The zero-order valence-corrected chi connectivity index (χ0v) is 9.53. The van der Waals surface area contributed by atoms with Gasteiger partial charge in [-0.05, 0) is 17.7 Å². The van der Waals surface area contributed by atoms with Gasteiger partial charge in [0.15, 0.2) is 0 Å². The second-order valence-corrected chi connectivity index (χ2v) is 3.75. The van der Waals surface area contributed by atoms with Crippen LogP contribution in [0.2, 0.25) is 0 Å². The molecule has 2 heteroatoms. The van der Waals surface area contributed by atoms with E-state index in [2.05, 4.69) is 29.1 Å². The summed E-state index contributed by atoms with van der Waals surface area (Å²) in [7, 11) is 0. The standard InChI is InChI=1S/C12H13BrO/c1-3-9-14-12(4-2)10-5-7-11(13)8-6-10/h3-8,12H,1-2,9H2. The van der Waals surface area contributed by atoms with Gasteiger partial charge in [0.1, 0.15) is 6.10 Å². The van der Waals surface area contributed by atoms with Gasteiger partial charge in [-0.2, -0.15) is 0 Å². The van der Waals surface area contributed by atoms with Gasteiger partial charge >= 0.3 is 0 Å². The minimum Gasteiger partial charge on any atom is -0.365 e. The zero-order valence-electron chi connectivity index (χ0n) is 7.95. The largest absolute Gasteiger partial charge is 0.365 e. The summed E-state index contributed by atoms with van der Waals surface area (Å²) in [4.78, 5) is 0. The van der Waals surface area contributed by atoms with Crippen molar-refractivity contribution in [3.8, 4) is 0 Å². The topological polar surface area (TPSA) is 9.23 Å². The van der Waals surface area contributed by atoms with Gasteiger partial charge in [0.05, 0.1) is 6.61 Å². The van der Waals surface area contributed by atoms with Crippen LogP contribution in [-0.2, 0) is 4.74 Å². The molecule has 74 valence electrons. The molecule has 1 atom stereocenters. The van der Waals surface area contributed by atoms with Crippen LogP contribution in [0, 0.1) is 0 Å². The molecule has 1 nitrogen and oxygen atoms in total. The smallest absolute Gasteiger partial charge is 0.101 e. The van der Waals surface area contributed by atoms with E-state index in [1.54, 1.807) is 12.2 Å². The van der Waals surface area contributed by atoms with Crippen LogP contribution in [0.3, 0.4) is 0 Å². The van der Waals surface area contributed by atoms with Crippen LogP contribution in [-0.4, -0.2) is 6.61 Å². The minimum atomic E-state index is -0.0545. The van der Waals surface area contributed by atoms with Gasteiger partial charge in [-0.15, -0.1) is 13.2 Å². The molecule has 14 heavy (non-hydrogen) atoms. The van der Waals surface area contributed by atoms with Gasteiger partial charge in [0, 0.05) is 4.47 Å². The summed E-state index contributed by atoms with van der Waals surface area (Å²) in [5.74, 6) is 0. The summed E-state index contributed by atoms with van der Waals surface area (Å²) < 4.78 is 6.58. The Morgan fingerprint density at radius 1 is 1.29 bits per heavy atom. The van der Waals surface area contributed by atoms with E-state index in [0.29, 0.717) is 6.61 Å². The molecule has 0 spiro atoms. The summed E-state index contributed by atoms with van der Waals surface area (Å²) in [5.41, 5.74) is 1.10. The third kappa shape index (κ3) is 3.13. The van der Waals surface area contributed by atoms with Crippen molar-refractivity contribution in [2.75, 3.05) is 6.61 Å². The third-order valence-corrected chi connectivity index (χ3v) is 2.33. The lowest BCUT2D eigenvalue weighted by Crippen LogP contribution is -2.00. The highest BCUT2D eigenvalue weighted by Gasteiger charge is 2.05. The van der Waals surface area contributed by atoms with Crippen molar-refractivity contribution in [2.45, 2.75) is 6.10 Å². The molecule has 0 radical (unpaired) electrons. The first-order valence-corrected chi connectivity index (χ1v) is 5.17. The molecule has 0 aliphatic heterocycles. The van der Waals surface area contributed by atoms with E-state index in [4.69, 9.17) is 4.74 Å². The van der Waals surface area contributed by atoms with Crippen molar-refractivity contribution >= 4 is 15.9 Å². The van der Waals surface area contributed by atoms with E-state index in [9.17, 15) is 0 Å². The first-order chi connectivity index (χ1) is 6.77. The molecule has 0 aliphatic rings. The Morgan fingerprint density at radius 2 is 1.93 bits per heavy atom. The molecule has 0 saturated heterocycles. The van der Waals surface area contributed by atoms with Crippen LogP contribution in [0.15, 0.2) is 54.0 Å². The van der Waals surface area contributed by atoms with Crippen molar-refractivity contribution in [2.24, 2.45) is 0 Å². The van der Waals surface area contributed by atoms with Gasteiger partial charge in [-0.1, -0.05) is 40.2 Å². The number of hydrogen-bond donors (Lipinski definition) is 0. The van der Waals surface area contributed by atoms with Crippen LogP contribution >= 0.6 is 15.9 Å². The normalized spacial score (nSPS) is 12.1. The molecule has 1 aromatic rings. The summed E-state index contributed by atoms with van der Waals surface area (Å²) in [6.45, 7) is 7.88. The quantitative estimate of drug-likeness (QED) is 0.723. The van der Waals surface area contributed by atoms with E-state index >= 15 is 0 Å². The number of halogens is 1. The van der Waals surface area contributed by atoms with Crippen LogP contribution in [0.5, 0.6) is 0 Å². The Bertz CT molecular complexity index is 303. The second-order valence-electron chi connectivity index (χ2n) is 2.83. The molecule has 0 bridgehead atoms. The lowest BCUT2D eigenvalue weighted by Gasteiger charge is -2.12. The molecule has 0 heterocycles. The van der Waals surface area contributed by atoms with Crippen LogP contribution in [0.25, 0.3) is 0 Å². The molecule has 1 rings (SSSR count). The Morgan fingerprint density at radius 3 is 2.43 bits per heavy atom. The van der Waals surface area contributed by atoms with E-state index in [-0.39, 0.29) is 6.10 Å². The lowest BCUT2D eigenvalue weighted by molar-refractivity contribution is 0.110. The van der Waals surface area contributed by atoms with Crippen LogP contribution < -0.4 is 0 Å². The fourth-order valence-corrected chi connectivity index (χ4v) is 1.39. The molecule has 0 fully saturated rings. The van der Waals surface area contributed by atoms with E-state index in [0.717, 1.165) is 10.0 Å². The van der Waals surface area contributed by atoms with Crippen molar-refractivity contribution in [3.05, 3.63) is 59.6 Å². The molecule has 0 aromatic heterocycles. The fraction of sp³-hybridized carbons (Fsp3) is 0.167. The maximum absolute atomic E-state index is 5.51. The monoisotopic (exact) mass is 252 g/mol. The second kappa shape index (κ2) is 5.78. The van der Waals surface area contributed by atoms with Crippen molar-refractivity contribution in [1.29, 1.82) is 0 Å². The molecular formula is C12H13BrO. The SMILES string of the molecule is C=CCOC(C=C)c1ccc(Br)cc1. The van der Waals surface area contributed by atoms with Gasteiger partial charge in [-0.3, -0.25) is 0 Å². The van der Waals surface area contributed by atoms with Crippen molar-refractivity contribution in [1.82, 2.24) is 0 Å². The Balaban J connectivity index is 2.73. The molecule has 0 amide bonds. The predicted octanol–water partition coefficient (Wildman–Crippen LogP) is 3.88. The summed E-state index contributed by atoms with van der Waals surface area (Å²) in [6, 6.07) is 8.01. The number of benzene rings is 1. The highest BCUT2D eigenvalue weighted by atomic mass is 79.9. The van der Waals surface area contributed by atoms with Gasteiger partial charge in [0.2, 0.25) is 0 Å². The van der Waals surface area contributed by atoms with Crippen molar-refractivity contribution < 1.29 is 4.74 Å².